The maximum absolute atomic E-state index is 12.7. The van der Waals surface area contributed by atoms with Crippen molar-refractivity contribution in [2.75, 3.05) is 11.9 Å². The predicted octanol–water partition coefficient (Wildman–Crippen LogP) is 3.56. The molecule has 128 valence electrons. The highest BCUT2D eigenvalue weighted by Gasteiger charge is 2.19. The fourth-order valence-corrected chi connectivity index (χ4v) is 2.72. The Morgan fingerprint density at radius 2 is 1.96 bits per heavy atom. The van der Waals surface area contributed by atoms with Crippen LogP contribution in [0.2, 0.25) is 5.02 Å². The number of rotatable bonds is 5. The van der Waals surface area contributed by atoms with Crippen LogP contribution in [0, 0.1) is 0 Å². The van der Waals surface area contributed by atoms with Crippen molar-refractivity contribution in [3.05, 3.63) is 63.4 Å². The van der Waals surface area contributed by atoms with Crippen molar-refractivity contribution in [1.29, 1.82) is 0 Å². The third-order valence-electron chi connectivity index (χ3n) is 3.75. The summed E-state index contributed by atoms with van der Waals surface area (Å²) in [5.41, 5.74) is 0.611. The van der Waals surface area contributed by atoms with Gasteiger partial charge in [-0.05, 0) is 42.8 Å². The lowest BCUT2D eigenvalue weighted by atomic mass is 10.1. The van der Waals surface area contributed by atoms with Gasteiger partial charge in [-0.3, -0.25) is 4.79 Å². The average molecular weight is 358 g/mol. The second-order valence-electron chi connectivity index (χ2n) is 5.50. The first-order chi connectivity index (χ1) is 12.0. The molecular weight excluding hydrogens is 342 g/mol. The van der Waals surface area contributed by atoms with Crippen molar-refractivity contribution in [1.82, 2.24) is 9.78 Å². The average Bonchev–Trinajstić information content (AvgIpc) is 2.61. The molecule has 7 heteroatoms. The summed E-state index contributed by atoms with van der Waals surface area (Å²) in [7, 11) is 0. The fraction of sp³-hybridized carbons (Fsp3) is 0.167. The van der Waals surface area contributed by atoms with Crippen LogP contribution in [0.5, 0.6) is 0 Å². The maximum atomic E-state index is 12.7. The normalized spacial score (nSPS) is 10.8. The molecule has 0 amide bonds. The van der Waals surface area contributed by atoms with Gasteiger partial charge in [0.25, 0.3) is 0 Å². The van der Waals surface area contributed by atoms with E-state index in [1.807, 2.05) is 6.92 Å². The smallest absolute Gasteiger partial charge is 0.360 e. The Morgan fingerprint density at radius 3 is 2.60 bits per heavy atom. The van der Waals surface area contributed by atoms with Crippen LogP contribution in [0.15, 0.2) is 47.3 Å². The molecule has 0 aliphatic heterocycles. The number of hydrogen-bond acceptors (Lipinski definition) is 4. The lowest BCUT2D eigenvalue weighted by Crippen LogP contribution is -2.23. The summed E-state index contributed by atoms with van der Waals surface area (Å²) >= 11 is 5.92. The molecule has 0 saturated carbocycles. The number of anilines is 1. The number of hydrogen-bond donors (Lipinski definition) is 2. The first-order valence-corrected chi connectivity index (χ1v) is 8.20. The zero-order chi connectivity index (χ0) is 18.0. The molecule has 0 unspecified atom stereocenters. The van der Waals surface area contributed by atoms with Gasteiger partial charge in [0.15, 0.2) is 0 Å². The SMILES string of the molecule is CCCNc1cccc2c1c(=O)c(C(=O)O)nn2-c1ccc(Cl)cc1. The molecule has 1 heterocycles. The Kier molecular flexibility index (Phi) is 4.72. The summed E-state index contributed by atoms with van der Waals surface area (Å²) in [6.07, 6.45) is 0.874. The number of benzene rings is 2. The topological polar surface area (TPSA) is 84.2 Å². The largest absolute Gasteiger partial charge is 0.476 e. The van der Waals surface area contributed by atoms with Crippen LogP contribution >= 0.6 is 11.6 Å². The van der Waals surface area contributed by atoms with Crippen molar-refractivity contribution in [3.63, 3.8) is 0 Å². The fourth-order valence-electron chi connectivity index (χ4n) is 2.60. The second-order valence-corrected chi connectivity index (χ2v) is 5.93. The highest BCUT2D eigenvalue weighted by molar-refractivity contribution is 6.30. The van der Waals surface area contributed by atoms with E-state index in [1.54, 1.807) is 42.5 Å². The summed E-state index contributed by atoms with van der Waals surface area (Å²) in [5, 5.41) is 17.5. The van der Waals surface area contributed by atoms with Gasteiger partial charge in [0, 0.05) is 17.3 Å². The molecular formula is C18H16ClN3O3. The second kappa shape index (κ2) is 6.94. The molecule has 6 nitrogen and oxygen atoms in total. The molecule has 3 rings (SSSR count). The minimum Gasteiger partial charge on any atom is -0.476 e. The van der Waals surface area contributed by atoms with Crippen molar-refractivity contribution in [2.24, 2.45) is 0 Å². The predicted molar refractivity (Wildman–Crippen MR) is 98.1 cm³/mol. The Morgan fingerprint density at radius 1 is 1.24 bits per heavy atom. The molecule has 25 heavy (non-hydrogen) atoms. The van der Waals surface area contributed by atoms with E-state index in [-0.39, 0.29) is 0 Å². The van der Waals surface area contributed by atoms with Crippen LogP contribution in [-0.4, -0.2) is 27.4 Å². The zero-order valence-electron chi connectivity index (χ0n) is 13.5. The van der Waals surface area contributed by atoms with Gasteiger partial charge < -0.3 is 10.4 Å². The number of carboxylic acid groups (broad SMARTS) is 1. The lowest BCUT2D eigenvalue weighted by molar-refractivity contribution is 0.0687. The van der Waals surface area contributed by atoms with Crippen LogP contribution in [0.4, 0.5) is 5.69 Å². The Hall–Kier alpha value is -2.86. The number of nitrogens with zero attached hydrogens (tertiary/aromatic N) is 2. The Bertz CT molecular complexity index is 997. The molecule has 2 aromatic carbocycles. The number of fused-ring (bicyclic) bond motifs is 1. The number of carboxylic acids is 1. The van der Waals surface area contributed by atoms with E-state index in [4.69, 9.17) is 11.6 Å². The summed E-state index contributed by atoms with van der Waals surface area (Å²) in [6, 6.07) is 12.1. The monoisotopic (exact) mass is 357 g/mol. The third-order valence-corrected chi connectivity index (χ3v) is 4.00. The van der Waals surface area contributed by atoms with Crippen LogP contribution in [0.1, 0.15) is 23.8 Å². The van der Waals surface area contributed by atoms with E-state index in [1.165, 1.54) is 4.68 Å². The van der Waals surface area contributed by atoms with E-state index >= 15 is 0 Å². The number of nitrogens with one attached hydrogen (secondary N) is 1. The van der Waals surface area contributed by atoms with Crippen molar-refractivity contribution < 1.29 is 9.90 Å². The quantitative estimate of drug-likeness (QED) is 0.729. The number of aromatic nitrogens is 2. The van der Waals surface area contributed by atoms with Crippen molar-refractivity contribution in [3.8, 4) is 5.69 Å². The minimum absolute atomic E-state index is 0.304. The third kappa shape index (κ3) is 3.21. The summed E-state index contributed by atoms with van der Waals surface area (Å²) in [5.74, 6) is -1.36. The summed E-state index contributed by atoms with van der Waals surface area (Å²) < 4.78 is 1.45. The van der Waals surface area contributed by atoms with Crippen molar-refractivity contribution in [2.45, 2.75) is 13.3 Å². The molecule has 0 aliphatic carbocycles. The number of aromatic carboxylic acids is 1. The Balaban J connectivity index is 2.37. The van der Waals surface area contributed by atoms with E-state index in [0.717, 1.165) is 6.42 Å². The van der Waals surface area contributed by atoms with Gasteiger partial charge in [0.1, 0.15) is 0 Å². The van der Waals surface area contributed by atoms with E-state index < -0.39 is 17.1 Å². The zero-order valence-corrected chi connectivity index (χ0v) is 14.2. The van der Waals surface area contributed by atoms with Crippen molar-refractivity contribution >= 4 is 34.2 Å². The minimum atomic E-state index is -1.36. The summed E-state index contributed by atoms with van der Waals surface area (Å²) in [4.78, 5) is 24.2. The molecule has 0 saturated heterocycles. The van der Waals surface area contributed by atoms with E-state index in [2.05, 4.69) is 10.4 Å². The molecule has 0 aliphatic rings. The molecule has 1 aromatic heterocycles. The van der Waals surface area contributed by atoms with Crippen LogP contribution in [0.25, 0.3) is 16.6 Å². The lowest BCUT2D eigenvalue weighted by Gasteiger charge is -2.14. The van der Waals surface area contributed by atoms with E-state index in [0.29, 0.717) is 33.8 Å². The first kappa shape index (κ1) is 17.0. The first-order valence-electron chi connectivity index (χ1n) is 7.82. The highest BCUT2D eigenvalue weighted by atomic mass is 35.5. The standard InChI is InChI=1S/C18H16ClN3O3/c1-2-10-20-13-4-3-5-14-15(13)17(23)16(18(24)25)21-22(14)12-8-6-11(19)7-9-12/h3-9,20H,2,10H2,1H3,(H,24,25). The Labute approximate surface area is 148 Å². The van der Waals surface area contributed by atoms with Gasteiger partial charge in [-0.15, -0.1) is 0 Å². The van der Waals surface area contributed by atoms with Gasteiger partial charge in [-0.2, -0.15) is 5.10 Å². The molecule has 3 aromatic rings. The number of carbonyl (C=O) groups is 1. The van der Waals surface area contributed by atoms with Gasteiger partial charge in [0.2, 0.25) is 11.1 Å². The van der Waals surface area contributed by atoms with Crippen LogP contribution in [-0.2, 0) is 0 Å². The van der Waals surface area contributed by atoms with Crippen LogP contribution < -0.4 is 10.7 Å². The highest BCUT2D eigenvalue weighted by Crippen LogP contribution is 2.23. The molecule has 0 fully saturated rings. The van der Waals surface area contributed by atoms with Gasteiger partial charge in [0.05, 0.1) is 16.6 Å². The van der Waals surface area contributed by atoms with Gasteiger partial charge in [-0.25, -0.2) is 9.48 Å². The summed E-state index contributed by atoms with van der Waals surface area (Å²) in [6.45, 7) is 2.68. The van der Waals surface area contributed by atoms with Crippen LogP contribution in [0.3, 0.4) is 0 Å². The van der Waals surface area contributed by atoms with Gasteiger partial charge >= 0.3 is 5.97 Å². The molecule has 0 atom stereocenters. The molecule has 2 N–H and O–H groups in total. The molecule has 0 spiro atoms. The molecule has 0 radical (unpaired) electrons. The van der Waals surface area contributed by atoms with E-state index in [9.17, 15) is 14.7 Å². The maximum Gasteiger partial charge on any atom is 0.360 e. The molecule has 0 bridgehead atoms. The van der Waals surface area contributed by atoms with Gasteiger partial charge in [-0.1, -0.05) is 24.6 Å². The number of halogens is 1.